The summed E-state index contributed by atoms with van der Waals surface area (Å²) >= 11 is 0. The Kier molecular flexibility index (Phi) is 18.2. The van der Waals surface area contributed by atoms with Crippen molar-refractivity contribution >= 4 is 6.09 Å². The number of rotatable bonds is 22. The molecule has 36 heavy (non-hydrogen) atoms. The van der Waals surface area contributed by atoms with Gasteiger partial charge >= 0.3 is 6.09 Å². The van der Waals surface area contributed by atoms with Gasteiger partial charge in [-0.15, -0.1) is 0 Å². The van der Waals surface area contributed by atoms with Gasteiger partial charge in [0, 0.05) is 37.4 Å². The first-order valence-electron chi connectivity index (χ1n) is 14.8. The lowest BCUT2D eigenvalue weighted by Crippen LogP contribution is -2.29. The number of amides is 1. The van der Waals surface area contributed by atoms with Crippen LogP contribution in [-0.2, 0) is 20.6 Å². The summed E-state index contributed by atoms with van der Waals surface area (Å²) in [6, 6.07) is 5.77. The molecule has 0 unspecified atom stereocenters. The molecule has 206 valence electrons. The second-order valence-corrected chi connectivity index (χ2v) is 10.3. The number of nitrogens with zero attached hydrogens (tertiary/aromatic N) is 1. The number of ether oxygens (including phenoxy) is 3. The molecule has 1 N–H and O–H groups in total. The first-order valence-corrected chi connectivity index (χ1v) is 14.8. The number of alkyl carbamates (subject to hydrolysis) is 1. The SMILES string of the molecule is CCCCCCCCCCCCCCCCOC[C@H]1CO[C@H](COC(=O)NCCc2ccccn2)C1. The molecule has 1 aliphatic rings. The Hall–Kier alpha value is -1.66. The zero-order valence-electron chi connectivity index (χ0n) is 22.9. The third-order valence-corrected chi connectivity index (χ3v) is 6.94. The van der Waals surface area contributed by atoms with E-state index in [-0.39, 0.29) is 6.10 Å². The van der Waals surface area contributed by atoms with E-state index >= 15 is 0 Å². The van der Waals surface area contributed by atoms with Crippen LogP contribution in [0.3, 0.4) is 0 Å². The first kappa shape index (κ1) is 30.6. The van der Waals surface area contributed by atoms with Crippen LogP contribution in [-0.4, -0.2) is 50.2 Å². The predicted molar refractivity (Wildman–Crippen MR) is 146 cm³/mol. The number of nitrogens with one attached hydrogen (secondary N) is 1. The maximum Gasteiger partial charge on any atom is 0.407 e. The monoisotopic (exact) mass is 504 g/mol. The van der Waals surface area contributed by atoms with Crippen LogP contribution in [0.1, 0.15) is 109 Å². The largest absolute Gasteiger partial charge is 0.447 e. The van der Waals surface area contributed by atoms with E-state index in [9.17, 15) is 4.79 Å². The summed E-state index contributed by atoms with van der Waals surface area (Å²) < 4.78 is 17.0. The second kappa shape index (κ2) is 21.4. The summed E-state index contributed by atoms with van der Waals surface area (Å²) in [7, 11) is 0. The molecule has 0 bridgehead atoms. The molecule has 2 atom stereocenters. The fraction of sp³-hybridized carbons (Fsp3) is 0.800. The van der Waals surface area contributed by atoms with Gasteiger partial charge in [0.25, 0.3) is 0 Å². The minimum atomic E-state index is -0.396. The highest BCUT2D eigenvalue weighted by molar-refractivity contribution is 5.67. The van der Waals surface area contributed by atoms with E-state index in [1.807, 2.05) is 18.2 Å². The lowest BCUT2D eigenvalue weighted by atomic mass is 10.0. The summed E-state index contributed by atoms with van der Waals surface area (Å²) in [4.78, 5) is 16.1. The number of unbranched alkanes of at least 4 members (excludes halogenated alkanes) is 13. The van der Waals surface area contributed by atoms with Crippen molar-refractivity contribution in [3.05, 3.63) is 30.1 Å². The Morgan fingerprint density at radius 3 is 2.25 bits per heavy atom. The lowest BCUT2D eigenvalue weighted by molar-refractivity contribution is 0.0393. The molecule has 1 aromatic rings. The van der Waals surface area contributed by atoms with Crippen molar-refractivity contribution in [3.63, 3.8) is 0 Å². The van der Waals surface area contributed by atoms with Crippen molar-refractivity contribution in [1.82, 2.24) is 10.3 Å². The molecule has 6 nitrogen and oxygen atoms in total. The average molecular weight is 505 g/mol. The fourth-order valence-corrected chi connectivity index (χ4v) is 4.72. The van der Waals surface area contributed by atoms with Gasteiger partial charge in [-0.25, -0.2) is 4.79 Å². The first-order chi connectivity index (χ1) is 17.8. The van der Waals surface area contributed by atoms with Gasteiger partial charge in [0.2, 0.25) is 0 Å². The molecule has 0 aromatic carbocycles. The van der Waals surface area contributed by atoms with Crippen LogP contribution in [0.4, 0.5) is 4.79 Å². The van der Waals surface area contributed by atoms with Crippen LogP contribution in [0.15, 0.2) is 24.4 Å². The van der Waals surface area contributed by atoms with Gasteiger partial charge in [-0.3, -0.25) is 4.98 Å². The van der Waals surface area contributed by atoms with Gasteiger partial charge in [0.15, 0.2) is 0 Å². The van der Waals surface area contributed by atoms with E-state index < -0.39 is 6.09 Å². The van der Waals surface area contributed by atoms with Gasteiger partial charge in [0.05, 0.1) is 19.3 Å². The zero-order valence-corrected chi connectivity index (χ0v) is 22.9. The number of aromatic nitrogens is 1. The topological polar surface area (TPSA) is 69.7 Å². The molecule has 1 saturated heterocycles. The maximum atomic E-state index is 11.9. The number of hydrogen-bond donors (Lipinski definition) is 1. The van der Waals surface area contributed by atoms with E-state index in [2.05, 4.69) is 17.2 Å². The smallest absolute Gasteiger partial charge is 0.407 e. The number of carbonyl (C=O) groups is 1. The van der Waals surface area contributed by atoms with E-state index in [0.717, 1.165) is 31.7 Å². The molecule has 1 fully saturated rings. The number of hydrogen-bond acceptors (Lipinski definition) is 5. The van der Waals surface area contributed by atoms with E-state index in [1.54, 1.807) is 6.20 Å². The summed E-state index contributed by atoms with van der Waals surface area (Å²) in [6.45, 7) is 5.36. The minimum Gasteiger partial charge on any atom is -0.447 e. The third-order valence-electron chi connectivity index (χ3n) is 6.94. The van der Waals surface area contributed by atoms with E-state index in [0.29, 0.717) is 32.1 Å². The summed E-state index contributed by atoms with van der Waals surface area (Å²) in [6.07, 6.45) is 22.2. The van der Waals surface area contributed by atoms with Gasteiger partial charge in [-0.2, -0.15) is 0 Å². The Balaban J connectivity index is 1.31. The van der Waals surface area contributed by atoms with Crippen LogP contribution < -0.4 is 5.32 Å². The molecule has 0 saturated carbocycles. The van der Waals surface area contributed by atoms with Crippen molar-refractivity contribution in [2.24, 2.45) is 5.92 Å². The van der Waals surface area contributed by atoms with Gasteiger partial charge < -0.3 is 19.5 Å². The van der Waals surface area contributed by atoms with E-state index in [4.69, 9.17) is 14.2 Å². The molecule has 0 spiro atoms. The van der Waals surface area contributed by atoms with Gasteiger partial charge in [-0.05, 0) is 25.0 Å². The van der Waals surface area contributed by atoms with Gasteiger partial charge in [-0.1, -0.05) is 96.5 Å². The van der Waals surface area contributed by atoms with Crippen molar-refractivity contribution < 1.29 is 19.0 Å². The Morgan fingerprint density at radius 2 is 1.61 bits per heavy atom. The van der Waals surface area contributed by atoms with E-state index in [1.165, 1.54) is 83.5 Å². The van der Waals surface area contributed by atoms with Gasteiger partial charge in [0.1, 0.15) is 6.61 Å². The minimum absolute atomic E-state index is 0.0267. The molecule has 1 aliphatic heterocycles. The average Bonchev–Trinajstić information content (AvgIpc) is 3.35. The van der Waals surface area contributed by atoms with Crippen LogP contribution in [0.2, 0.25) is 0 Å². The predicted octanol–water partition coefficient (Wildman–Crippen LogP) is 7.25. The maximum absolute atomic E-state index is 11.9. The molecule has 0 aliphatic carbocycles. The summed E-state index contributed by atoms with van der Waals surface area (Å²) in [5.41, 5.74) is 0.953. The van der Waals surface area contributed by atoms with Crippen LogP contribution in [0.5, 0.6) is 0 Å². The highest BCUT2D eigenvalue weighted by atomic mass is 16.6. The van der Waals surface area contributed by atoms with Crippen LogP contribution in [0, 0.1) is 5.92 Å². The van der Waals surface area contributed by atoms with Crippen molar-refractivity contribution in [2.75, 3.05) is 33.0 Å². The van der Waals surface area contributed by atoms with Crippen molar-refractivity contribution in [2.45, 2.75) is 116 Å². The number of carbonyl (C=O) groups excluding carboxylic acids is 1. The Bertz CT molecular complexity index is 643. The van der Waals surface area contributed by atoms with Crippen molar-refractivity contribution in [1.29, 1.82) is 0 Å². The standard InChI is InChI=1S/C30H52N2O4/c1-2-3-4-5-6-7-8-9-10-11-12-13-14-17-22-34-24-27-23-29(35-25-27)26-36-30(33)32-21-19-28-18-15-16-20-31-28/h15-16,18,20,27,29H,2-14,17,19,21-26H2,1H3,(H,32,33)/t27-,29-/m0/s1. The van der Waals surface area contributed by atoms with Crippen LogP contribution >= 0.6 is 0 Å². The zero-order chi connectivity index (χ0) is 25.5. The molecule has 2 rings (SSSR count). The Morgan fingerprint density at radius 1 is 0.944 bits per heavy atom. The molecular formula is C30H52N2O4. The number of pyridine rings is 1. The summed E-state index contributed by atoms with van der Waals surface area (Å²) in [5, 5.41) is 2.77. The highest BCUT2D eigenvalue weighted by Gasteiger charge is 2.26. The molecular weight excluding hydrogens is 452 g/mol. The molecule has 1 amide bonds. The fourth-order valence-electron chi connectivity index (χ4n) is 4.72. The third kappa shape index (κ3) is 16.2. The normalized spacial score (nSPS) is 17.4. The second-order valence-electron chi connectivity index (χ2n) is 10.3. The lowest BCUT2D eigenvalue weighted by Gasteiger charge is -2.11. The molecule has 1 aromatic heterocycles. The highest BCUT2D eigenvalue weighted by Crippen LogP contribution is 2.20. The molecule has 6 heteroatoms. The van der Waals surface area contributed by atoms with Crippen molar-refractivity contribution in [3.8, 4) is 0 Å². The molecule has 0 radical (unpaired) electrons. The quantitative estimate of drug-likeness (QED) is 0.168. The van der Waals surface area contributed by atoms with Crippen LogP contribution in [0.25, 0.3) is 0 Å². The molecule has 2 heterocycles. The summed E-state index contributed by atoms with van der Waals surface area (Å²) in [5.74, 6) is 0.400. The Labute approximate surface area is 220 Å².